The van der Waals surface area contributed by atoms with Crippen LogP contribution in [0.1, 0.15) is 52.0 Å². The van der Waals surface area contributed by atoms with Crippen LogP contribution in [0.15, 0.2) is 29.2 Å². The maximum Gasteiger partial charge on any atom is 0.0668 e. The van der Waals surface area contributed by atoms with E-state index in [1.165, 1.54) is 5.56 Å². The van der Waals surface area contributed by atoms with Gasteiger partial charge in [-0.1, -0.05) is 45.7 Å². The molecular formula is C17H23NOS. The van der Waals surface area contributed by atoms with Gasteiger partial charge in [0.15, 0.2) is 0 Å². The molecule has 1 saturated carbocycles. The topological polar surface area (TPSA) is 40.9 Å². The Hall–Kier alpha value is -1.14. The fourth-order valence-corrected chi connectivity index (χ4v) is 4.39. The van der Waals surface area contributed by atoms with Gasteiger partial charge in [-0.2, -0.15) is 5.26 Å². The van der Waals surface area contributed by atoms with E-state index in [0.717, 1.165) is 30.6 Å². The van der Waals surface area contributed by atoms with E-state index in [4.69, 9.17) is 0 Å². The van der Waals surface area contributed by atoms with E-state index in [0.29, 0.717) is 0 Å². The van der Waals surface area contributed by atoms with Crippen molar-refractivity contribution in [1.29, 1.82) is 5.26 Å². The number of nitrogens with zero attached hydrogens (tertiary/aromatic N) is 1. The zero-order chi connectivity index (χ0) is 14.8. The monoisotopic (exact) mass is 289 g/mol. The third-order valence-electron chi connectivity index (χ3n) is 4.10. The van der Waals surface area contributed by atoms with Crippen molar-refractivity contribution in [2.24, 2.45) is 5.92 Å². The molecule has 20 heavy (non-hydrogen) atoms. The van der Waals surface area contributed by atoms with Crippen LogP contribution in [0, 0.1) is 17.2 Å². The highest BCUT2D eigenvalue weighted by Gasteiger charge is 2.30. The lowest BCUT2D eigenvalue weighted by Gasteiger charge is -2.26. The van der Waals surface area contributed by atoms with Crippen molar-refractivity contribution in [3.05, 3.63) is 29.8 Å². The standard InChI is InChI=1S/C17H23NOS/c1-17(2,3)14-8-10-15(11-9-14)20(19)16-7-5-4-6-13(16)12-18/h8-11,13,16H,4-7H2,1-3H3. The predicted molar refractivity (Wildman–Crippen MR) is 82.9 cm³/mol. The average Bonchev–Trinajstić information content (AvgIpc) is 2.45. The predicted octanol–water partition coefficient (Wildman–Crippen LogP) is 4.17. The number of hydrogen-bond acceptors (Lipinski definition) is 2. The summed E-state index contributed by atoms with van der Waals surface area (Å²) in [5, 5.41) is 9.23. The van der Waals surface area contributed by atoms with E-state index >= 15 is 0 Å². The van der Waals surface area contributed by atoms with E-state index in [2.05, 4.69) is 39.0 Å². The second kappa shape index (κ2) is 6.10. The Balaban J connectivity index is 2.19. The third kappa shape index (κ3) is 3.30. The first-order chi connectivity index (χ1) is 9.43. The smallest absolute Gasteiger partial charge is 0.0668 e. The summed E-state index contributed by atoms with van der Waals surface area (Å²) in [6.07, 6.45) is 3.99. The molecule has 0 amide bonds. The molecule has 2 rings (SSSR count). The summed E-state index contributed by atoms with van der Waals surface area (Å²) in [6.45, 7) is 6.52. The molecule has 2 nitrogen and oxygen atoms in total. The second-order valence-corrected chi connectivity index (χ2v) is 8.30. The van der Waals surface area contributed by atoms with Gasteiger partial charge in [0.2, 0.25) is 0 Å². The molecule has 0 N–H and O–H groups in total. The van der Waals surface area contributed by atoms with Crippen LogP contribution in [-0.2, 0) is 16.2 Å². The summed E-state index contributed by atoms with van der Waals surface area (Å²) in [7, 11) is -1.06. The highest BCUT2D eigenvalue weighted by Crippen LogP contribution is 2.31. The lowest BCUT2D eigenvalue weighted by Crippen LogP contribution is -2.28. The second-order valence-electron chi connectivity index (χ2n) is 6.63. The maximum atomic E-state index is 12.7. The molecule has 1 aromatic rings. The summed E-state index contributed by atoms with van der Waals surface area (Å²) >= 11 is 0. The normalized spacial score (nSPS) is 24.9. The fraction of sp³-hybridized carbons (Fsp3) is 0.588. The van der Waals surface area contributed by atoms with Gasteiger partial charge in [0, 0.05) is 4.90 Å². The molecule has 0 bridgehead atoms. The fourth-order valence-electron chi connectivity index (χ4n) is 2.76. The highest BCUT2D eigenvalue weighted by molar-refractivity contribution is 7.85. The van der Waals surface area contributed by atoms with Crippen LogP contribution in [-0.4, -0.2) is 9.46 Å². The molecule has 0 saturated heterocycles. The number of rotatable bonds is 2. The summed E-state index contributed by atoms with van der Waals surface area (Å²) in [5.74, 6) is -0.0492. The largest absolute Gasteiger partial charge is 0.254 e. The highest BCUT2D eigenvalue weighted by atomic mass is 32.2. The molecular weight excluding hydrogens is 266 g/mol. The molecule has 1 aromatic carbocycles. The van der Waals surface area contributed by atoms with Gasteiger partial charge in [-0.05, 0) is 36.0 Å². The molecule has 1 aliphatic carbocycles. The Morgan fingerprint density at radius 2 is 1.75 bits per heavy atom. The SMILES string of the molecule is CC(C)(C)c1ccc(S(=O)C2CCCCC2C#N)cc1. The summed E-state index contributed by atoms with van der Waals surface area (Å²) < 4.78 is 12.7. The van der Waals surface area contributed by atoms with Gasteiger partial charge in [-0.3, -0.25) is 4.21 Å². The number of hydrogen-bond donors (Lipinski definition) is 0. The van der Waals surface area contributed by atoms with Gasteiger partial charge in [-0.25, -0.2) is 0 Å². The lowest BCUT2D eigenvalue weighted by molar-refractivity contribution is 0.431. The zero-order valence-electron chi connectivity index (χ0n) is 12.6. The minimum absolute atomic E-state index is 0.00855. The van der Waals surface area contributed by atoms with Crippen LogP contribution in [0.2, 0.25) is 0 Å². The van der Waals surface area contributed by atoms with Crippen molar-refractivity contribution < 1.29 is 4.21 Å². The Labute approximate surface area is 124 Å². The molecule has 3 unspecified atom stereocenters. The average molecular weight is 289 g/mol. The molecule has 0 aliphatic heterocycles. The van der Waals surface area contributed by atoms with Crippen molar-refractivity contribution >= 4 is 10.8 Å². The van der Waals surface area contributed by atoms with Crippen molar-refractivity contribution in [2.45, 2.75) is 62.0 Å². The van der Waals surface area contributed by atoms with Gasteiger partial charge in [0.05, 0.1) is 28.0 Å². The van der Waals surface area contributed by atoms with Gasteiger partial charge in [-0.15, -0.1) is 0 Å². The Kier molecular flexibility index (Phi) is 4.65. The molecule has 1 fully saturated rings. The van der Waals surface area contributed by atoms with Crippen LogP contribution >= 0.6 is 0 Å². The Morgan fingerprint density at radius 1 is 1.15 bits per heavy atom. The van der Waals surface area contributed by atoms with Gasteiger partial charge >= 0.3 is 0 Å². The Morgan fingerprint density at radius 3 is 2.30 bits per heavy atom. The van der Waals surface area contributed by atoms with Crippen LogP contribution in [0.4, 0.5) is 0 Å². The van der Waals surface area contributed by atoms with E-state index in [-0.39, 0.29) is 16.6 Å². The zero-order valence-corrected chi connectivity index (χ0v) is 13.4. The third-order valence-corrected chi connectivity index (χ3v) is 5.95. The van der Waals surface area contributed by atoms with E-state index in [1.807, 2.05) is 12.1 Å². The summed E-state index contributed by atoms with van der Waals surface area (Å²) in [4.78, 5) is 0.866. The van der Waals surface area contributed by atoms with Gasteiger partial charge < -0.3 is 0 Å². The van der Waals surface area contributed by atoms with Gasteiger partial charge in [0.25, 0.3) is 0 Å². The van der Waals surface area contributed by atoms with Crippen LogP contribution < -0.4 is 0 Å². The maximum absolute atomic E-state index is 12.7. The van der Waals surface area contributed by atoms with E-state index in [1.54, 1.807) is 0 Å². The number of benzene rings is 1. The molecule has 0 aromatic heterocycles. The van der Waals surface area contributed by atoms with Crippen molar-refractivity contribution in [3.63, 3.8) is 0 Å². The van der Waals surface area contributed by atoms with E-state index < -0.39 is 10.8 Å². The minimum atomic E-state index is -1.06. The first-order valence-corrected chi connectivity index (χ1v) is 8.55. The first-order valence-electron chi connectivity index (χ1n) is 7.34. The Bertz CT molecular complexity index is 521. The lowest BCUT2D eigenvalue weighted by atomic mass is 9.87. The number of nitriles is 1. The van der Waals surface area contributed by atoms with E-state index in [9.17, 15) is 9.47 Å². The van der Waals surface area contributed by atoms with Crippen LogP contribution in [0.3, 0.4) is 0 Å². The first kappa shape index (κ1) is 15.3. The molecule has 0 heterocycles. The molecule has 3 atom stereocenters. The molecule has 108 valence electrons. The van der Waals surface area contributed by atoms with Crippen molar-refractivity contribution in [2.75, 3.05) is 0 Å². The van der Waals surface area contributed by atoms with Gasteiger partial charge in [0.1, 0.15) is 0 Å². The molecule has 0 radical (unpaired) electrons. The summed E-state index contributed by atoms with van der Waals surface area (Å²) in [5.41, 5.74) is 1.36. The van der Waals surface area contributed by atoms with Crippen LogP contribution in [0.5, 0.6) is 0 Å². The molecule has 3 heteroatoms. The van der Waals surface area contributed by atoms with Crippen LogP contribution in [0.25, 0.3) is 0 Å². The van der Waals surface area contributed by atoms with Crippen molar-refractivity contribution in [1.82, 2.24) is 0 Å². The summed E-state index contributed by atoms with van der Waals surface area (Å²) in [6, 6.07) is 10.4. The minimum Gasteiger partial charge on any atom is -0.254 e. The quantitative estimate of drug-likeness (QED) is 0.819. The molecule has 1 aliphatic rings. The molecule has 0 spiro atoms. The van der Waals surface area contributed by atoms with Crippen molar-refractivity contribution in [3.8, 4) is 6.07 Å².